The number of halogens is 3. The first-order valence-electron chi connectivity index (χ1n) is 8.97. The van der Waals surface area contributed by atoms with Crippen molar-refractivity contribution in [2.24, 2.45) is 5.10 Å². The maximum absolute atomic E-state index is 12.9. The monoisotopic (exact) mass is 459 g/mol. The van der Waals surface area contributed by atoms with Crippen LogP contribution >= 0.6 is 23.2 Å². The van der Waals surface area contributed by atoms with E-state index in [9.17, 15) is 14.0 Å². The van der Waals surface area contributed by atoms with Crippen molar-refractivity contribution < 1.29 is 18.7 Å². The zero-order chi connectivity index (χ0) is 22.2. The highest BCUT2D eigenvalue weighted by Crippen LogP contribution is 2.22. The average Bonchev–Trinajstić information content (AvgIpc) is 2.73. The summed E-state index contributed by atoms with van der Waals surface area (Å²) in [5.41, 5.74) is 3.94. The van der Waals surface area contributed by atoms with E-state index < -0.39 is 11.8 Å². The molecule has 3 rings (SSSR count). The molecule has 0 saturated carbocycles. The van der Waals surface area contributed by atoms with Crippen LogP contribution in [-0.4, -0.2) is 18.0 Å². The zero-order valence-electron chi connectivity index (χ0n) is 15.9. The third-order valence-electron chi connectivity index (χ3n) is 3.91. The number of rotatable bonds is 6. The predicted molar refractivity (Wildman–Crippen MR) is 118 cm³/mol. The van der Waals surface area contributed by atoms with E-state index in [4.69, 9.17) is 27.9 Å². The minimum Gasteiger partial charge on any atom is -0.489 e. The molecule has 158 valence electrons. The first-order chi connectivity index (χ1) is 14.9. The van der Waals surface area contributed by atoms with Gasteiger partial charge < -0.3 is 10.1 Å². The van der Waals surface area contributed by atoms with E-state index in [0.717, 1.165) is 5.56 Å². The quantitative estimate of drug-likeness (QED) is 0.315. The molecule has 2 amide bonds. The first kappa shape index (κ1) is 22.3. The normalized spacial score (nSPS) is 10.7. The third kappa shape index (κ3) is 7.09. The summed E-state index contributed by atoms with van der Waals surface area (Å²) < 4.78 is 18.5. The summed E-state index contributed by atoms with van der Waals surface area (Å²) in [6.45, 7) is 0.302. The van der Waals surface area contributed by atoms with Crippen LogP contribution in [0.25, 0.3) is 0 Å². The molecular weight excluding hydrogens is 444 g/mol. The van der Waals surface area contributed by atoms with Gasteiger partial charge in [-0.05, 0) is 65.7 Å². The maximum atomic E-state index is 12.9. The fraction of sp³-hybridized carbons (Fsp3) is 0.0455. The number of hydrogen-bond donors (Lipinski definition) is 2. The number of benzene rings is 3. The summed E-state index contributed by atoms with van der Waals surface area (Å²) in [7, 11) is 0. The number of ether oxygens (including phenoxy) is 1. The van der Waals surface area contributed by atoms with E-state index in [1.54, 1.807) is 36.4 Å². The number of carbonyl (C=O) groups excluding carboxylic acids is 2. The summed E-state index contributed by atoms with van der Waals surface area (Å²) in [5.74, 6) is -1.55. The zero-order valence-corrected chi connectivity index (χ0v) is 17.5. The molecule has 9 heteroatoms. The van der Waals surface area contributed by atoms with Crippen molar-refractivity contribution in [3.63, 3.8) is 0 Å². The molecule has 0 aliphatic heterocycles. The van der Waals surface area contributed by atoms with Gasteiger partial charge in [0.2, 0.25) is 0 Å². The number of hydrogen-bond acceptors (Lipinski definition) is 4. The molecule has 0 aromatic heterocycles. The van der Waals surface area contributed by atoms with E-state index in [1.165, 1.54) is 36.5 Å². The van der Waals surface area contributed by atoms with Crippen LogP contribution in [-0.2, 0) is 16.2 Å². The molecule has 0 aliphatic carbocycles. The summed E-state index contributed by atoms with van der Waals surface area (Å²) in [6.07, 6.45) is 1.38. The lowest BCUT2D eigenvalue weighted by atomic mass is 10.2. The van der Waals surface area contributed by atoms with Gasteiger partial charge in [0.15, 0.2) is 0 Å². The van der Waals surface area contributed by atoms with E-state index in [2.05, 4.69) is 15.8 Å². The second-order valence-electron chi connectivity index (χ2n) is 6.30. The van der Waals surface area contributed by atoms with E-state index in [-0.39, 0.29) is 11.5 Å². The minimum absolute atomic E-state index is 0.290. The van der Waals surface area contributed by atoms with Crippen molar-refractivity contribution in [3.05, 3.63) is 93.7 Å². The number of anilines is 1. The molecule has 31 heavy (non-hydrogen) atoms. The van der Waals surface area contributed by atoms with Crippen molar-refractivity contribution >= 4 is 46.9 Å². The number of nitrogens with zero attached hydrogens (tertiary/aromatic N) is 1. The third-order valence-corrected chi connectivity index (χ3v) is 4.34. The Morgan fingerprint density at radius 1 is 0.935 bits per heavy atom. The van der Waals surface area contributed by atoms with Gasteiger partial charge in [0.05, 0.1) is 6.21 Å². The molecule has 0 fully saturated rings. The topological polar surface area (TPSA) is 79.8 Å². The first-order valence-corrected chi connectivity index (χ1v) is 9.72. The van der Waals surface area contributed by atoms with Crippen molar-refractivity contribution in [3.8, 4) is 5.75 Å². The van der Waals surface area contributed by atoms with Gasteiger partial charge in [0.1, 0.15) is 18.2 Å². The van der Waals surface area contributed by atoms with Gasteiger partial charge in [0, 0.05) is 15.7 Å². The van der Waals surface area contributed by atoms with Crippen molar-refractivity contribution in [2.75, 3.05) is 5.32 Å². The van der Waals surface area contributed by atoms with E-state index in [1.807, 2.05) is 0 Å². The number of nitrogens with one attached hydrogen (secondary N) is 2. The molecule has 0 unspecified atom stereocenters. The summed E-state index contributed by atoms with van der Waals surface area (Å²) in [6, 6.07) is 17.4. The molecule has 0 bridgehead atoms. The van der Waals surface area contributed by atoms with Crippen molar-refractivity contribution in [1.82, 2.24) is 5.43 Å². The Morgan fingerprint density at radius 2 is 1.58 bits per heavy atom. The van der Waals surface area contributed by atoms with Gasteiger partial charge in [-0.25, -0.2) is 9.82 Å². The molecule has 0 spiro atoms. The molecule has 0 heterocycles. The fourth-order valence-electron chi connectivity index (χ4n) is 2.43. The second-order valence-corrected chi connectivity index (χ2v) is 7.17. The maximum Gasteiger partial charge on any atom is 0.329 e. The lowest BCUT2D eigenvalue weighted by Gasteiger charge is -2.06. The van der Waals surface area contributed by atoms with Crippen LogP contribution in [0.5, 0.6) is 5.75 Å². The van der Waals surface area contributed by atoms with Crippen LogP contribution in [0, 0.1) is 5.82 Å². The van der Waals surface area contributed by atoms with Crippen molar-refractivity contribution in [2.45, 2.75) is 6.61 Å². The highest BCUT2D eigenvalue weighted by Gasteiger charge is 2.13. The summed E-state index contributed by atoms with van der Waals surface area (Å²) >= 11 is 11.7. The molecule has 3 aromatic rings. The smallest absolute Gasteiger partial charge is 0.329 e. The fourth-order valence-corrected chi connectivity index (χ4v) is 2.95. The minimum atomic E-state index is -0.952. The van der Waals surface area contributed by atoms with Crippen LogP contribution in [0.1, 0.15) is 11.1 Å². The lowest BCUT2D eigenvalue weighted by molar-refractivity contribution is -0.136. The van der Waals surface area contributed by atoms with Gasteiger partial charge >= 0.3 is 11.8 Å². The highest BCUT2D eigenvalue weighted by atomic mass is 35.5. The Bertz CT molecular complexity index is 1080. The van der Waals surface area contributed by atoms with Crippen LogP contribution in [0.15, 0.2) is 71.8 Å². The summed E-state index contributed by atoms with van der Waals surface area (Å²) in [5, 5.41) is 6.79. The molecule has 0 atom stereocenters. The second kappa shape index (κ2) is 10.6. The molecule has 6 nitrogen and oxygen atoms in total. The Balaban J connectivity index is 1.47. The molecule has 0 saturated heterocycles. The Labute approximate surface area is 187 Å². The van der Waals surface area contributed by atoms with Gasteiger partial charge in [-0.1, -0.05) is 35.3 Å². The number of amides is 2. The van der Waals surface area contributed by atoms with Crippen LogP contribution in [0.3, 0.4) is 0 Å². The standard InChI is InChI=1S/C22H16Cl2FN3O3/c23-16-9-17(24)11-19(10-16)27-21(29)22(30)28-26-12-14-3-7-20(8-4-14)31-13-15-1-5-18(25)6-2-15/h1-12H,13H2,(H,27,29)(H,28,30). The Hall–Kier alpha value is -3.42. The van der Waals surface area contributed by atoms with Gasteiger partial charge in [0.25, 0.3) is 0 Å². The molecule has 2 N–H and O–H groups in total. The number of hydrazone groups is 1. The Morgan fingerprint density at radius 3 is 2.23 bits per heavy atom. The molecule has 0 radical (unpaired) electrons. The molecule has 3 aromatic carbocycles. The van der Waals surface area contributed by atoms with Crippen LogP contribution in [0.2, 0.25) is 10.0 Å². The van der Waals surface area contributed by atoms with Gasteiger partial charge in [-0.15, -0.1) is 0 Å². The van der Waals surface area contributed by atoms with E-state index in [0.29, 0.717) is 28.0 Å². The highest BCUT2D eigenvalue weighted by molar-refractivity contribution is 6.40. The summed E-state index contributed by atoms with van der Waals surface area (Å²) in [4.78, 5) is 23.8. The number of carbonyl (C=O) groups is 2. The van der Waals surface area contributed by atoms with E-state index >= 15 is 0 Å². The SMILES string of the molecule is O=C(NN=Cc1ccc(OCc2ccc(F)cc2)cc1)C(=O)Nc1cc(Cl)cc(Cl)c1. The van der Waals surface area contributed by atoms with Gasteiger partial charge in [-0.2, -0.15) is 5.10 Å². The predicted octanol–water partition coefficient (Wildman–Crippen LogP) is 4.80. The Kier molecular flexibility index (Phi) is 7.59. The largest absolute Gasteiger partial charge is 0.489 e. The molecular formula is C22H16Cl2FN3O3. The van der Waals surface area contributed by atoms with Crippen molar-refractivity contribution in [1.29, 1.82) is 0 Å². The lowest BCUT2D eigenvalue weighted by Crippen LogP contribution is -2.32. The van der Waals surface area contributed by atoms with Crippen LogP contribution < -0.4 is 15.5 Å². The van der Waals surface area contributed by atoms with Crippen LogP contribution in [0.4, 0.5) is 10.1 Å². The molecule has 0 aliphatic rings. The average molecular weight is 460 g/mol. The van der Waals surface area contributed by atoms with Gasteiger partial charge in [-0.3, -0.25) is 9.59 Å².